The first-order chi connectivity index (χ1) is 20.1. The smallest absolute Gasteiger partial charge is 0.391 e. The number of fused-ring (bicyclic) bond motifs is 2. The van der Waals surface area contributed by atoms with Gasteiger partial charge in [-0.25, -0.2) is 19.2 Å². The van der Waals surface area contributed by atoms with Crippen LogP contribution in [0.15, 0.2) is 20.3 Å². The number of nitrogens with zero attached hydrogens (tertiary/aromatic N) is 6. The first kappa shape index (κ1) is 30.9. The fraction of sp³-hybridized carbons (Fsp3) is 0.462. The number of nitrogens with one attached hydrogen (secondary N) is 1. The molecule has 3 atom stereocenters. The highest BCUT2D eigenvalue weighted by atomic mass is 35.5. The zero-order chi connectivity index (χ0) is 31.5. The van der Waals surface area contributed by atoms with E-state index in [0.29, 0.717) is 15.6 Å². The second-order valence-corrected chi connectivity index (χ2v) is 12.6. The Morgan fingerprint density at radius 2 is 1.95 bits per heavy atom. The van der Waals surface area contributed by atoms with Crippen LogP contribution in [0.3, 0.4) is 0 Å². The fourth-order valence-corrected chi connectivity index (χ4v) is 5.32. The van der Waals surface area contributed by atoms with Crippen molar-refractivity contribution in [3.63, 3.8) is 0 Å². The number of alkyl halides is 4. The summed E-state index contributed by atoms with van der Waals surface area (Å²) in [6, 6.07) is -0.306. The van der Waals surface area contributed by atoms with Gasteiger partial charge in [0.05, 0.1) is 22.4 Å². The summed E-state index contributed by atoms with van der Waals surface area (Å²) in [7, 11) is 1.58. The Kier molecular flexibility index (Phi) is 7.79. The monoisotopic (exact) mass is 642 g/mol. The summed E-state index contributed by atoms with van der Waals surface area (Å²) in [4.78, 5) is 34.3. The first-order valence-corrected chi connectivity index (χ1v) is 14.2. The number of carbonyl (C=O) groups excluding carboxylic acids is 1. The summed E-state index contributed by atoms with van der Waals surface area (Å²) in [6.45, 7) is 3.22. The van der Waals surface area contributed by atoms with Crippen molar-refractivity contribution in [2.24, 2.45) is 0 Å². The molecule has 5 rings (SSSR count). The lowest BCUT2D eigenvalue weighted by atomic mass is 9.77. The van der Waals surface area contributed by atoms with Gasteiger partial charge in [-0.05, 0) is 39.3 Å². The number of rotatable bonds is 7. The van der Waals surface area contributed by atoms with E-state index >= 15 is 0 Å². The molecule has 0 saturated heterocycles. The highest BCUT2D eigenvalue weighted by Crippen LogP contribution is 2.44. The van der Waals surface area contributed by atoms with Crippen molar-refractivity contribution < 1.29 is 26.8 Å². The Bertz CT molecular complexity index is 1830. The second-order valence-electron chi connectivity index (χ2n) is 11.0. The van der Waals surface area contributed by atoms with Crippen molar-refractivity contribution in [2.45, 2.75) is 69.4 Å². The molecule has 43 heavy (non-hydrogen) atoms. The summed E-state index contributed by atoms with van der Waals surface area (Å²) in [5.74, 6) is -1.23. The first-order valence-electron chi connectivity index (χ1n) is 13.2. The number of aromatic nitrogens is 6. The number of carbonyl (C=O) groups is 1. The van der Waals surface area contributed by atoms with Crippen LogP contribution < -0.4 is 27.4 Å². The van der Waals surface area contributed by atoms with Crippen molar-refractivity contribution in [3.05, 3.63) is 43.7 Å². The molecule has 3 unspecified atom stereocenters. The quantitative estimate of drug-likeness (QED) is 0.296. The molecule has 0 fully saturated rings. The highest BCUT2D eigenvalue weighted by molar-refractivity contribution is 7.19. The summed E-state index contributed by atoms with van der Waals surface area (Å²) in [5, 5.41) is 10.2. The average molecular weight is 643 g/mol. The Hall–Kier alpha value is -3.58. The van der Waals surface area contributed by atoms with Gasteiger partial charge in [0, 0.05) is 29.6 Å². The standard InChI is InChI=1S/C26H28ClF4N8O3P/c1-12(2)39-23(41)42-22(37-39)24(3)10-16(40)33-20-17(24)19(32)34-21(35-20)18-14-6-4-13(27)5-7-15(14)38(36-18)9-8-25(43,11-28)26(29,30)31/h4,6-7,12H,5,8-11,43H2,1-3H3,(H3,32,33,34,35,40). The molecule has 3 aromatic rings. The SMILES string of the molecule is CC(C)n1nc(C2(C)CC(=O)Nc3nc(-c4nn(CCC(P)(CF)C(F)(F)F)c5c4=CC=C(Cl)CC=5)nc(N)c32)oc1=O. The van der Waals surface area contributed by atoms with Crippen molar-refractivity contribution in [1.82, 2.24) is 29.5 Å². The number of halogens is 5. The van der Waals surface area contributed by atoms with Crippen LogP contribution in [0.2, 0.25) is 0 Å². The van der Waals surface area contributed by atoms with Crippen LogP contribution in [0, 0.1) is 0 Å². The van der Waals surface area contributed by atoms with Crippen molar-refractivity contribution in [1.29, 1.82) is 0 Å². The van der Waals surface area contributed by atoms with Crippen LogP contribution in [0.4, 0.5) is 29.2 Å². The molecule has 1 aliphatic heterocycles. The molecule has 0 saturated carbocycles. The third kappa shape index (κ3) is 5.37. The zero-order valence-corrected chi connectivity index (χ0v) is 25.2. The van der Waals surface area contributed by atoms with Crippen LogP contribution in [0.5, 0.6) is 0 Å². The number of nitrogen functional groups attached to an aromatic ring is 1. The summed E-state index contributed by atoms with van der Waals surface area (Å²) < 4.78 is 62.2. The maximum atomic E-state index is 13.6. The van der Waals surface area contributed by atoms with Crippen LogP contribution >= 0.6 is 20.8 Å². The normalized spacial score (nSPS) is 19.9. The molecule has 11 nitrogen and oxygen atoms in total. The van der Waals surface area contributed by atoms with Gasteiger partial charge in [-0.3, -0.25) is 9.48 Å². The van der Waals surface area contributed by atoms with E-state index in [2.05, 4.69) is 25.5 Å². The van der Waals surface area contributed by atoms with Crippen LogP contribution in [-0.4, -0.2) is 53.4 Å². The predicted octanol–water partition coefficient (Wildman–Crippen LogP) is 2.92. The molecule has 0 spiro atoms. The third-order valence-electron chi connectivity index (χ3n) is 7.53. The Balaban J connectivity index is 1.65. The molecule has 1 aliphatic carbocycles. The second kappa shape index (κ2) is 10.8. The van der Waals surface area contributed by atoms with Gasteiger partial charge in [-0.2, -0.15) is 23.0 Å². The molecule has 3 aromatic heterocycles. The molecule has 3 N–H and O–H groups in total. The topological polar surface area (TPSA) is 147 Å². The van der Waals surface area contributed by atoms with Crippen molar-refractivity contribution in [2.75, 3.05) is 17.7 Å². The van der Waals surface area contributed by atoms with Crippen LogP contribution in [0.25, 0.3) is 23.7 Å². The van der Waals surface area contributed by atoms with Gasteiger partial charge in [-0.15, -0.1) is 14.3 Å². The maximum absolute atomic E-state index is 13.6. The minimum Gasteiger partial charge on any atom is -0.391 e. The molecule has 4 heterocycles. The molecular formula is C26H28ClF4N8O3P. The molecule has 0 radical (unpaired) electrons. The molecule has 0 aromatic carbocycles. The van der Waals surface area contributed by atoms with E-state index in [1.807, 2.05) is 0 Å². The number of aryl methyl sites for hydroxylation is 1. The zero-order valence-electron chi connectivity index (χ0n) is 23.3. The summed E-state index contributed by atoms with van der Waals surface area (Å²) in [6.07, 6.45) is -0.366. The van der Waals surface area contributed by atoms with Crippen molar-refractivity contribution in [3.8, 4) is 11.5 Å². The Morgan fingerprint density at radius 1 is 1.23 bits per heavy atom. The number of anilines is 2. The highest BCUT2D eigenvalue weighted by Gasteiger charge is 2.51. The predicted molar refractivity (Wildman–Crippen MR) is 154 cm³/mol. The van der Waals surface area contributed by atoms with E-state index in [1.165, 1.54) is 4.68 Å². The lowest BCUT2D eigenvalue weighted by Gasteiger charge is -2.32. The molecule has 230 valence electrons. The summed E-state index contributed by atoms with van der Waals surface area (Å²) in [5.41, 5.74) is 5.59. The Labute approximate surface area is 249 Å². The minimum atomic E-state index is -4.80. The van der Waals surface area contributed by atoms with Gasteiger partial charge in [0.15, 0.2) is 5.82 Å². The lowest BCUT2D eigenvalue weighted by Crippen LogP contribution is -2.43. The van der Waals surface area contributed by atoms with Gasteiger partial charge >= 0.3 is 11.9 Å². The van der Waals surface area contributed by atoms with Crippen molar-refractivity contribution >= 4 is 50.5 Å². The molecule has 2 aliphatic rings. The van der Waals surface area contributed by atoms with E-state index in [-0.39, 0.29) is 60.0 Å². The maximum Gasteiger partial charge on any atom is 0.437 e. The van der Waals surface area contributed by atoms with Gasteiger partial charge in [-0.1, -0.05) is 17.7 Å². The van der Waals surface area contributed by atoms with E-state index in [0.717, 1.165) is 4.68 Å². The number of nitrogens with two attached hydrogens (primary N) is 1. The number of amides is 1. The van der Waals surface area contributed by atoms with E-state index in [9.17, 15) is 27.2 Å². The third-order valence-corrected chi connectivity index (χ3v) is 8.58. The molecule has 0 bridgehead atoms. The number of allylic oxidation sites excluding steroid dienone is 2. The van der Waals surface area contributed by atoms with Gasteiger partial charge in [0.1, 0.15) is 29.2 Å². The van der Waals surface area contributed by atoms with E-state index in [4.69, 9.17) is 21.8 Å². The largest absolute Gasteiger partial charge is 0.437 e. The fourth-order valence-electron chi connectivity index (χ4n) is 5.05. The summed E-state index contributed by atoms with van der Waals surface area (Å²) >= 11 is 6.24. The average Bonchev–Trinajstić information content (AvgIpc) is 3.42. The Morgan fingerprint density at radius 3 is 2.58 bits per heavy atom. The van der Waals surface area contributed by atoms with E-state index in [1.54, 1.807) is 48.2 Å². The van der Waals surface area contributed by atoms with Gasteiger partial charge in [0.2, 0.25) is 11.8 Å². The van der Waals surface area contributed by atoms with Crippen LogP contribution in [-0.2, 0) is 16.8 Å². The molecular weight excluding hydrogens is 615 g/mol. The minimum absolute atomic E-state index is 0.0283. The van der Waals surface area contributed by atoms with Gasteiger partial charge < -0.3 is 15.5 Å². The molecule has 1 amide bonds. The van der Waals surface area contributed by atoms with E-state index < -0.39 is 41.5 Å². The van der Waals surface area contributed by atoms with Crippen LogP contribution in [0.1, 0.15) is 57.5 Å². The molecule has 17 heteroatoms. The number of hydrogen-bond donors (Lipinski definition) is 2. The van der Waals surface area contributed by atoms with Gasteiger partial charge in [0.25, 0.3) is 0 Å². The number of hydrogen-bond acceptors (Lipinski definition) is 8. The lowest BCUT2D eigenvalue weighted by molar-refractivity contribution is -0.165.